The van der Waals surface area contributed by atoms with Crippen LogP contribution in [0.1, 0.15) is 20.8 Å². The third kappa shape index (κ3) is 6.31. The van der Waals surface area contributed by atoms with Crippen LogP contribution in [0.4, 0.5) is 0 Å². The molecule has 0 aliphatic rings. The summed E-state index contributed by atoms with van der Waals surface area (Å²) >= 11 is 5.28. The Kier molecular flexibility index (Phi) is 5.00. The molecular formula is C6H14ClNO5S2. The second-order valence-electron chi connectivity index (χ2n) is 3.59. The topological polar surface area (TPSA) is 89.5 Å². The van der Waals surface area contributed by atoms with Crippen LogP contribution in [0.2, 0.25) is 0 Å². The highest BCUT2D eigenvalue weighted by atomic mass is 35.5. The molecule has 0 aromatic rings. The quantitative estimate of drug-likeness (QED) is 0.699. The summed E-state index contributed by atoms with van der Waals surface area (Å²) in [5.74, 6) is -0.941. The van der Waals surface area contributed by atoms with Crippen LogP contribution < -0.4 is 4.84 Å². The molecule has 0 aliphatic carbocycles. The Balaban J connectivity index is 4.75. The van der Waals surface area contributed by atoms with Crippen molar-refractivity contribution in [1.29, 1.82) is 0 Å². The molecule has 0 aliphatic heterocycles. The molecule has 0 saturated carbocycles. The van der Waals surface area contributed by atoms with Gasteiger partial charge >= 0.3 is 0 Å². The third-order valence-corrected chi connectivity index (χ3v) is 5.31. The highest BCUT2D eigenvalue weighted by Gasteiger charge is 2.29. The van der Waals surface area contributed by atoms with Gasteiger partial charge < -0.3 is 0 Å². The molecule has 6 nitrogen and oxygen atoms in total. The Labute approximate surface area is 95.3 Å². The van der Waals surface area contributed by atoms with Gasteiger partial charge in [-0.25, -0.2) is 4.84 Å². The second kappa shape index (κ2) is 4.96. The van der Waals surface area contributed by atoms with Gasteiger partial charge in [-0.05, 0) is 32.5 Å². The van der Waals surface area contributed by atoms with Crippen molar-refractivity contribution >= 4 is 32.0 Å². The van der Waals surface area contributed by atoms with Gasteiger partial charge in [-0.2, -0.15) is 16.8 Å². The Bertz CT molecular complexity index is 399. The predicted molar refractivity (Wildman–Crippen MR) is 57.4 cm³/mol. The average Bonchev–Trinajstić information content (AvgIpc) is 2.00. The van der Waals surface area contributed by atoms with Gasteiger partial charge in [0.15, 0.2) is 0 Å². The molecule has 0 aromatic carbocycles. The van der Waals surface area contributed by atoms with E-state index >= 15 is 0 Å². The van der Waals surface area contributed by atoms with E-state index in [0.29, 0.717) is 0 Å². The summed E-state index contributed by atoms with van der Waals surface area (Å²) in [5.41, 5.74) is -0.969. The maximum atomic E-state index is 11.3. The maximum Gasteiger partial charge on any atom is 0.283 e. The van der Waals surface area contributed by atoms with Crippen molar-refractivity contribution in [3.63, 3.8) is 0 Å². The SMILES string of the molecule is CCS(=O)(=O)OS(=O)(=O)CC(C)(C)NCl. The van der Waals surface area contributed by atoms with Gasteiger partial charge in [-0.1, -0.05) is 0 Å². The first kappa shape index (κ1) is 15.1. The van der Waals surface area contributed by atoms with Crippen LogP contribution in [0.15, 0.2) is 0 Å². The Morgan fingerprint density at radius 2 is 1.67 bits per heavy atom. The van der Waals surface area contributed by atoms with Crippen molar-refractivity contribution in [3.8, 4) is 0 Å². The lowest BCUT2D eigenvalue weighted by Crippen LogP contribution is -2.41. The molecular weight excluding hydrogens is 266 g/mol. The van der Waals surface area contributed by atoms with Gasteiger partial charge in [0.1, 0.15) is 0 Å². The number of halogens is 1. The van der Waals surface area contributed by atoms with E-state index in [4.69, 9.17) is 11.8 Å². The molecule has 0 bridgehead atoms. The van der Waals surface area contributed by atoms with Crippen molar-refractivity contribution in [1.82, 2.24) is 4.84 Å². The summed E-state index contributed by atoms with van der Waals surface area (Å²) in [6.45, 7) is 4.29. The molecule has 0 rings (SSSR count). The highest BCUT2D eigenvalue weighted by molar-refractivity contribution is 7.99. The van der Waals surface area contributed by atoms with Crippen molar-refractivity contribution in [3.05, 3.63) is 0 Å². The van der Waals surface area contributed by atoms with Crippen molar-refractivity contribution in [2.45, 2.75) is 26.3 Å². The monoisotopic (exact) mass is 279 g/mol. The minimum Gasteiger partial charge on any atom is -0.227 e. The fourth-order valence-electron chi connectivity index (χ4n) is 0.699. The van der Waals surface area contributed by atoms with E-state index in [1.807, 2.05) is 0 Å². The van der Waals surface area contributed by atoms with Crippen LogP contribution in [0, 0.1) is 0 Å². The van der Waals surface area contributed by atoms with E-state index in [9.17, 15) is 16.8 Å². The van der Waals surface area contributed by atoms with Crippen LogP contribution in [0.25, 0.3) is 0 Å². The predicted octanol–water partition coefficient (Wildman–Crippen LogP) is 0.204. The number of hydrogen-bond acceptors (Lipinski definition) is 6. The summed E-state index contributed by atoms with van der Waals surface area (Å²) in [5, 5.41) is 0. The first-order chi connectivity index (χ1) is 6.54. The van der Waals surface area contributed by atoms with E-state index < -0.39 is 37.3 Å². The standard InChI is InChI=1S/C6H14ClNO5S2/c1-4-14(9,10)13-15(11,12)5-6(2,3)8-7/h8H,4-5H2,1-3H3. The normalized spacial score (nSPS) is 14.1. The zero-order valence-corrected chi connectivity index (χ0v) is 11.0. The molecule has 0 heterocycles. The van der Waals surface area contributed by atoms with Gasteiger partial charge in [-0.3, -0.25) is 0 Å². The molecule has 15 heavy (non-hydrogen) atoms. The number of nitrogens with one attached hydrogen (secondary N) is 1. The zero-order valence-electron chi connectivity index (χ0n) is 8.65. The van der Waals surface area contributed by atoms with Crippen molar-refractivity contribution in [2.24, 2.45) is 0 Å². The largest absolute Gasteiger partial charge is 0.283 e. The Morgan fingerprint density at radius 1 is 1.20 bits per heavy atom. The molecule has 0 radical (unpaired) electrons. The summed E-state index contributed by atoms with van der Waals surface area (Å²) in [6, 6.07) is 0. The second-order valence-corrected chi connectivity index (χ2v) is 7.42. The van der Waals surface area contributed by atoms with Gasteiger partial charge in [-0.15, -0.1) is 3.63 Å². The molecule has 1 N–H and O–H groups in total. The minimum absolute atomic E-state index is 0.402. The van der Waals surface area contributed by atoms with Gasteiger partial charge in [0.25, 0.3) is 20.2 Å². The maximum absolute atomic E-state index is 11.3. The smallest absolute Gasteiger partial charge is 0.227 e. The molecule has 0 fully saturated rings. The van der Waals surface area contributed by atoms with Gasteiger partial charge in [0.2, 0.25) is 0 Å². The Hall–Kier alpha value is 0.110. The van der Waals surface area contributed by atoms with Crippen LogP contribution >= 0.6 is 11.8 Å². The van der Waals surface area contributed by atoms with Crippen LogP contribution in [-0.4, -0.2) is 33.9 Å². The molecule has 9 heteroatoms. The molecule has 0 unspecified atom stereocenters. The molecule has 0 atom stereocenters. The first-order valence-electron chi connectivity index (χ1n) is 4.08. The number of rotatable bonds is 6. The van der Waals surface area contributed by atoms with Crippen molar-refractivity contribution < 1.29 is 20.5 Å². The van der Waals surface area contributed by atoms with E-state index in [0.717, 1.165) is 0 Å². The van der Waals surface area contributed by atoms with Crippen LogP contribution in [0.5, 0.6) is 0 Å². The molecule has 0 spiro atoms. The van der Waals surface area contributed by atoms with E-state index in [1.54, 1.807) is 0 Å². The molecule has 0 saturated heterocycles. The van der Waals surface area contributed by atoms with E-state index in [1.165, 1.54) is 20.8 Å². The Morgan fingerprint density at radius 3 is 2.00 bits per heavy atom. The summed E-state index contributed by atoms with van der Waals surface area (Å²) in [4.78, 5) is 2.22. The summed E-state index contributed by atoms with van der Waals surface area (Å²) in [7, 11) is -8.17. The van der Waals surface area contributed by atoms with Gasteiger partial charge in [0, 0.05) is 5.54 Å². The summed E-state index contributed by atoms with van der Waals surface area (Å²) < 4.78 is 48.5. The fourth-order valence-corrected chi connectivity index (χ4v) is 3.64. The zero-order chi connectivity index (χ0) is 12.3. The number of hydrogen-bond donors (Lipinski definition) is 1. The van der Waals surface area contributed by atoms with Crippen LogP contribution in [-0.2, 0) is 23.9 Å². The van der Waals surface area contributed by atoms with Crippen molar-refractivity contribution in [2.75, 3.05) is 11.5 Å². The fraction of sp³-hybridized carbons (Fsp3) is 1.00. The average molecular weight is 280 g/mol. The lowest BCUT2D eigenvalue weighted by molar-refractivity contribution is 0.442. The minimum atomic E-state index is -4.16. The summed E-state index contributed by atoms with van der Waals surface area (Å²) in [6.07, 6.45) is 0. The molecule has 92 valence electrons. The highest BCUT2D eigenvalue weighted by Crippen LogP contribution is 2.11. The molecule has 0 amide bonds. The van der Waals surface area contributed by atoms with Gasteiger partial charge in [0.05, 0.1) is 11.5 Å². The van der Waals surface area contributed by atoms with Crippen LogP contribution in [0.3, 0.4) is 0 Å². The lowest BCUT2D eigenvalue weighted by atomic mass is 10.1. The van der Waals surface area contributed by atoms with E-state index in [-0.39, 0.29) is 0 Å². The van der Waals surface area contributed by atoms with E-state index in [2.05, 4.69) is 8.47 Å². The first-order valence-corrected chi connectivity index (χ1v) is 7.61. The third-order valence-electron chi connectivity index (χ3n) is 1.35. The lowest BCUT2D eigenvalue weighted by Gasteiger charge is -2.20. The molecule has 0 aromatic heterocycles.